The van der Waals surface area contributed by atoms with Crippen LogP contribution in [0.3, 0.4) is 0 Å². The Morgan fingerprint density at radius 1 is 1.33 bits per heavy atom. The SMILES string of the molecule is CCCC(OCC)c1noc(CC(=O)OCC)n1. The number of ether oxygens (including phenoxy) is 2. The summed E-state index contributed by atoms with van der Waals surface area (Å²) in [7, 11) is 0. The highest BCUT2D eigenvalue weighted by Crippen LogP contribution is 2.19. The van der Waals surface area contributed by atoms with Gasteiger partial charge in [-0.1, -0.05) is 18.5 Å². The normalized spacial score (nSPS) is 12.4. The number of carbonyl (C=O) groups excluding carboxylic acids is 1. The zero-order chi connectivity index (χ0) is 13.4. The highest BCUT2D eigenvalue weighted by atomic mass is 16.5. The van der Waals surface area contributed by atoms with Gasteiger partial charge in [0.25, 0.3) is 0 Å². The summed E-state index contributed by atoms with van der Waals surface area (Å²) in [6.07, 6.45) is 1.63. The summed E-state index contributed by atoms with van der Waals surface area (Å²) in [6.45, 7) is 6.67. The fourth-order valence-electron chi connectivity index (χ4n) is 1.56. The minimum Gasteiger partial charge on any atom is -0.466 e. The lowest BCUT2D eigenvalue weighted by molar-refractivity contribution is -0.142. The van der Waals surface area contributed by atoms with Gasteiger partial charge in [0.05, 0.1) is 6.61 Å². The Morgan fingerprint density at radius 3 is 2.72 bits per heavy atom. The van der Waals surface area contributed by atoms with E-state index < -0.39 is 0 Å². The first-order valence-electron chi connectivity index (χ1n) is 6.30. The number of nitrogens with zero attached hydrogens (tertiary/aromatic N) is 2. The Labute approximate surface area is 107 Å². The van der Waals surface area contributed by atoms with Gasteiger partial charge >= 0.3 is 5.97 Å². The van der Waals surface area contributed by atoms with E-state index in [-0.39, 0.29) is 24.4 Å². The molecule has 0 saturated heterocycles. The average Bonchev–Trinajstić information content (AvgIpc) is 2.77. The van der Waals surface area contributed by atoms with Crippen LogP contribution in [0.5, 0.6) is 0 Å². The number of aromatic nitrogens is 2. The summed E-state index contributed by atoms with van der Waals surface area (Å²) < 4.78 is 15.4. The molecule has 0 N–H and O–H groups in total. The topological polar surface area (TPSA) is 74.5 Å². The molecule has 6 heteroatoms. The van der Waals surface area contributed by atoms with Crippen LogP contribution in [0.4, 0.5) is 0 Å². The van der Waals surface area contributed by atoms with E-state index >= 15 is 0 Å². The zero-order valence-electron chi connectivity index (χ0n) is 11.1. The van der Waals surface area contributed by atoms with Crippen molar-refractivity contribution in [1.82, 2.24) is 10.1 Å². The Bertz CT molecular complexity index is 359. The number of hydrogen-bond acceptors (Lipinski definition) is 6. The molecule has 1 aromatic heterocycles. The molecule has 102 valence electrons. The van der Waals surface area contributed by atoms with Crippen LogP contribution in [0.25, 0.3) is 0 Å². The van der Waals surface area contributed by atoms with Crippen molar-refractivity contribution in [3.05, 3.63) is 11.7 Å². The largest absolute Gasteiger partial charge is 0.466 e. The summed E-state index contributed by atoms with van der Waals surface area (Å²) in [4.78, 5) is 15.4. The quantitative estimate of drug-likeness (QED) is 0.663. The maximum Gasteiger partial charge on any atom is 0.315 e. The summed E-state index contributed by atoms with van der Waals surface area (Å²) in [6, 6.07) is 0. The second kappa shape index (κ2) is 7.81. The molecule has 6 nitrogen and oxygen atoms in total. The van der Waals surface area contributed by atoms with Crippen LogP contribution in [-0.4, -0.2) is 29.3 Å². The van der Waals surface area contributed by atoms with Gasteiger partial charge in [0, 0.05) is 6.61 Å². The first kappa shape index (κ1) is 14.6. The van der Waals surface area contributed by atoms with E-state index in [0.717, 1.165) is 12.8 Å². The van der Waals surface area contributed by atoms with E-state index in [0.29, 0.717) is 19.0 Å². The van der Waals surface area contributed by atoms with Gasteiger partial charge in [-0.3, -0.25) is 4.79 Å². The van der Waals surface area contributed by atoms with Gasteiger partial charge in [-0.2, -0.15) is 4.98 Å². The average molecular weight is 256 g/mol. The van der Waals surface area contributed by atoms with E-state index in [1.165, 1.54) is 0 Å². The first-order chi connectivity index (χ1) is 8.71. The molecule has 0 aromatic carbocycles. The Balaban J connectivity index is 2.62. The molecule has 1 heterocycles. The van der Waals surface area contributed by atoms with Gasteiger partial charge in [0.15, 0.2) is 0 Å². The van der Waals surface area contributed by atoms with Crippen molar-refractivity contribution < 1.29 is 18.8 Å². The molecule has 1 rings (SSSR count). The smallest absolute Gasteiger partial charge is 0.315 e. The zero-order valence-corrected chi connectivity index (χ0v) is 11.1. The molecule has 0 fully saturated rings. The van der Waals surface area contributed by atoms with Gasteiger partial charge in [-0.05, 0) is 20.3 Å². The van der Waals surface area contributed by atoms with Gasteiger partial charge in [-0.15, -0.1) is 0 Å². The fourth-order valence-corrected chi connectivity index (χ4v) is 1.56. The molecule has 0 aliphatic heterocycles. The van der Waals surface area contributed by atoms with Crippen molar-refractivity contribution in [2.75, 3.05) is 13.2 Å². The Kier molecular flexibility index (Phi) is 6.35. The molecule has 1 atom stereocenters. The predicted octanol–water partition coefficient (Wildman–Crippen LogP) is 2.05. The van der Waals surface area contributed by atoms with Crippen molar-refractivity contribution in [1.29, 1.82) is 0 Å². The van der Waals surface area contributed by atoms with Crippen LogP contribution >= 0.6 is 0 Å². The molecule has 0 bridgehead atoms. The minimum absolute atomic E-state index is 0.00576. The third-order valence-corrected chi connectivity index (χ3v) is 2.29. The first-order valence-corrected chi connectivity index (χ1v) is 6.30. The Hall–Kier alpha value is -1.43. The third-order valence-electron chi connectivity index (χ3n) is 2.29. The van der Waals surface area contributed by atoms with Crippen LogP contribution in [0, 0.1) is 0 Å². The molecular formula is C12H20N2O4. The van der Waals surface area contributed by atoms with Crippen LogP contribution in [0.2, 0.25) is 0 Å². The molecule has 0 aliphatic rings. The molecule has 1 aromatic rings. The second-order valence-electron chi connectivity index (χ2n) is 3.76. The molecule has 0 aliphatic carbocycles. The molecule has 0 amide bonds. The second-order valence-corrected chi connectivity index (χ2v) is 3.76. The van der Waals surface area contributed by atoms with Crippen LogP contribution in [0.15, 0.2) is 4.52 Å². The fraction of sp³-hybridized carbons (Fsp3) is 0.750. The maximum absolute atomic E-state index is 11.3. The van der Waals surface area contributed by atoms with Crippen molar-refractivity contribution in [3.63, 3.8) is 0 Å². The summed E-state index contributed by atoms with van der Waals surface area (Å²) >= 11 is 0. The van der Waals surface area contributed by atoms with Crippen molar-refractivity contribution in [2.24, 2.45) is 0 Å². The maximum atomic E-state index is 11.3. The standard InChI is InChI=1S/C12H20N2O4/c1-4-7-9(16-5-2)12-13-10(18-14-12)8-11(15)17-6-3/h9H,4-8H2,1-3H3. The van der Waals surface area contributed by atoms with Gasteiger partial charge < -0.3 is 14.0 Å². The minimum atomic E-state index is -0.365. The highest BCUT2D eigenvalue weighted by molar-refractivity contribution is 5.71. The van der Waals surface area contributed by atoms with Gasteiger partial charge in [0.1, 0.15) is 12.5 Å². The van der Waals surface area contributed by atoms with Crippen LogP contribution < -0.4 is 0 Å². The lowest BCUT2D eigenvalue weighted by atomic mass is 10.2. The van der Waals surface area contributed by atoms with E-state index in [2.05, 4.69) is 17.1 Å². The summed E-state index contributed by atoms with van der Waals surface area (Å²) in [5, 5.41) is 3.85. The van der Waals surface area contributed by atoms with Crippen LogP contribution in [-0.2, 0) is 20.7 Å². The molecular weight excluding hydrogens is 236 g/mol. The lowest BCUT2D eigenvalue weighted by Gasteiger charge is -2.11. The summed E-state index contributed by atoms with van der Waals surface area (Å²) in [5.74, 6) is 0.401. The van der Waals surface area contributed by atoms with Gasteiger partial charge in [0.2, 0.25) is 11.7 Å². The highest BCUT2D eigenvalue weighted by Gasteiger charge is 2.19. The van der Waals surface area contributed by atoms with E-state index in [9.17, 15) is 4.79 Å². The van der Waals surface area contributed by atoms with E-state index in [4.69, 9.17) is 14.0 Å². The van der Waals surface area contributed by atoms with Crippen molar-refractivity contribution >= 4 is 5.97 Å². The number of carbonyl (C=O) groups is 1. The summed E-state index contributed by atoms with van der Waals surface area (Å²) in [5.41, 5.74) is 0. The molecule has 1 unspecified atom stereocenters. The molecule has 18 heavy (non-hydrogen) atoms. The molecule has 0 spiro atoms. The monoisotopic (exact) mass is 256 g/mol. The van der Waals surface area contributed by atoms with E-state index in [1.54, 1.807) is 6.92 Å². The molecule has 0 radical (unpaired) electrons. The lowest BCUT2D eigenvalue weighted by Crippen LogP contribution is -2.09. The van der Waals surface area contributed by atoms with Gasteiger partial charge in [-0.25, -0.2) is 0 Å². The van der Waals surface area contributed by atoms with E-state index in [1.807, 2.05) is 6.92 Å². The number of esters is 1. The predicted molar refractivity (Wildman–Crippen MR) is 63.9 cm³/mol. The Morgan fingerprint density at radius 2 is 2.11 bits per heavy atom. The number of rotatable bonds is 8. The number of hydrogen-bond donors (Lipinski definition) is 0. The third kappa shape index (κ3) is 4.44. The van der Waals surface area contributed by atoms with Crippen molar-refractivity contribution in [3.8, 4) is 0 Å². The molecule has 0 saturated carbocycles. The van der Waals surface area contributed by atoms with Crippen LogP contribution in [0.1, 0.15) is 51.4 Å². The van der Waals surface area contributed by atoms with Crippen molar-refractivity contribution in [2.45, 2.75) is 46.1 Å².